The van der Waals surface area contributed by atoms with Crippen LogP contribution in [0.4, 0.5) is 20.3 Å². The lowest BCUT2D eigenvalue weighted by molar-refractivity contribution is 0.102. The summed E-state index contributed by atoms with van der Waals surface area (Å²) >= 11 is 0. The molecule has 0 unspecified atom stereocenters. The van der Waals surface area contributed by atoms with Crippen molar-refractivity contribution in [2.24, 2.45) is 7.05 Å². The van der Waals surface area contributed by atoms with Crippen LogP contribution in [-0.4, -0.2) is 15.7 Å². The van der Waals surface area contributed by atoms with E-state index < -0.39 is 23.1 Å². The quantitative estimate of drug-likeness (QED) is 0.851. The van der Waals surface area contributed by atoms with E-state index in [1.54, 1.807) is 7.05 Å². The van der Waals surface area contributed by atoms with E-state index >= 15 is 0 Å². The second-order valence-corrected chi connectivity index (χ2v) is 3.63. The van der Waals surface area contributed by atoms with Crippen LogP contribution in [0.25, 0.3) is 0 Å². The van der Waals surface area contributed by atoms with Gasteiger partial charge in [0.25, 0.3) is 5.91 Å². The predicted molar refractivity (Wildman–Crippen MR) is 61.9 cm³/mol. The third-order valence-corrected chi connectivity index (χ3v) is 2.40. The number of nitrogens with zero attached hydrogens (tertiary/aromatic N) is 2. The van der Waals surface area contributed by atoms with Crippen LogP contribution in [0.5, 0.6) is 0 Å². The van der Waals surface area contributed by atoms with Crippen molar-refractivity contribution < 1.29 is 13.6 Å². The molecule has 18 heavy (non-hydrogen) atoms. The van der Waals surface area contributed by atoms with E-state index in [0.29, 0.717) is 0 Å². The molecule has 5 nitrogen and oxygen atoms in total. The highest BCUT2D eigenvalue weighted by molar-refractivity contribution is 6.05. The number of amides is 1. The molecular formula is C11H10F2N4O. The van der Waals surface area contributed by atoms with Gasteiger partial charge in [-0.1, -0.05) is 6.07 Å². The molecule has 1 aromatic carbocycles. The molecule has 0 fully saturated rings. The first-order valence-corrected chi connectivity index (χ1v) is 5.03. The van der Waals surface area contributed by atoms with Crippen LogP contribution in [0.3, 0.4) is 0 Å². The van der Waals surface area contributed by atoms with Gasteiger partial charge in [-0.2, -0.15) is 5.10 Å². The summed E-state index contributed by atoms with van der Waals surface area (Å²) in [6.07, 6.45) is 1.34. The van der Waals surface area contributed by atoms with E-state index in [0.717, 1.165) is 6.07 Å². The van der Waals surface area contributed by atoms with Crippen molar-refractivity contribution in [2.75, 3.05) is 11.1 Å². The first-order valence-electron chi connectivity index (χ1n) is 5.03. The number of anilines is 2. The molecule has 94 valence electrons. The normalized spacial score (nSPS) is 10.4. The van der Waals surface area contributed by atoms with Gasteiger partial charge in [-0.15, -0.1) is 0 Å². The van der Waals surface area contributed by atoms with Gasteiger partial charge in [0.15, 0.2) is 17.5 Å². The Morgan fingerprint density at radius 2 is 2.17 bits per heavy atom. The van der Waals surface area contributed by atoms with Crippen molar-refractivity contribution in [3.05, 3.63) is 41.6 Å². The number of nitrogens with one attached hydrogen (secondary N) is 1. The minimum atomic E-state index is -1.20. The minimum absolute atomic E-state index is 0.226. The molecule has 1 aromatic heterocycles. The fraction of sp³-hybridized carbons (Fsp3) is 0.0909. The molecule has 0 saturated carbocycles. The SMILES string of the molecule is Cn1ncc(N)c1NC(=O)c1cccc(F)c1F. The molecule has 0 aliphatic carbocycles. The largest absolute Gasteiger partial charge is 0.394 e. The average Bonchev–Trinajstić information content (AvgIpc) is 2.64. The van der Waals surface area contributed by atoms with Crippen LogP contribution in [0.2, 0.25) is 0 Å². The Bertz CT molecular complexity index is 590. The third kappa shape index (κ3) is 2.02. The van der Waals surface area contributed by atoms with Crippen molar-refractivity contribution in [3.8, 4) is 0 Å². The number of aromatic nitrogens is 2. The molecule has 2 aromatic rings. The predicted octanol–water partition coefficient (Wildman–Crippen LogP) is 1.53. The molecule has 0 aliphatic heterocycles. The number of rotatable bonds is 2. The zero-order chi connectivity index (χ0) is 13.3. The monoisotopic (exact) mass is 252 g/mol. The van der Waals surface area contributed by atoms with Crippen molar-refractivity contribution >= 4 is 17.4 Å². The molecule has 1 heterocycles. The second-order valence-electron chi connectivity index (χ2n) is 3.63. The van der Waals surface area contributed by atoms with Crippen LogP contribution in [0.1, 0.15) is 10.4 Å². The Morgan fingerprint density at radius 1 is 1.44 bits per heavy atom. The molecule has 2 rings (SSSR count). The van der Waals surface area contributed by atoms with E-state index in [2.05, 4.69) is 10.4 Å². The Labute approximate surface area is 101 Å². The topological polar surface area (TPSA) is 72.9 Å². The smallest absolute Gasteiger partial charge is 0.259 e. The average molecular weight is 252 g/mol. The molecular weight excluding hydrogens is 242 g/mol. The van der Waals surface area contributed by atoms with Crippen LogP contribution in [0, 0.1) is 11.6 Å². The van der Waals surface area contributed by atoms with Crippen LogP contribution >= 0.6 is 0 Å². The van der Waals surface area contributed by atoms with Gasteiger partial charge in [0.2, 0.25) is 0 Å². The zero-order valence-electron chi connectivity index (χ0n) is 9.45. The van der Waals surface area contributed by atoms with Gasteiger partial charge in [-0.05, 0) is 12.1 Å². The molecule has 0 atom stereocenters. The summed E-state index contributed by atoms with van der Waals surface area (Å²) in [7, 11) is 1.56. The number of nitrogen functional groups attached to an aromatic ring is 1. The Hall–Kier alpha value is -2.44. The van der Waals surface area contributed by atoms with Gasteiger partial charge >= 0.3 is 0 Å². The summed E-state index contributed by atoms with van der Waals surface area (Å²) in [5.74, 6) is -2.85. The molecule has 7 heteroatoms. The molecule has 0 saturated heterocycles. The minimum Gasteiger partial charge on any atom is -0.394 e. The lowest BCUT2D eigenvalue weighted by Crippen LogP contribution is -2.17. The van der Waals surface area contributed by atoms with Crippen LogP contribution in [-0.2, 0) is 7.05 Å². The summed E-state index contributed by atoms with van der Waals surface area (Å²) in [4.78, 5) is 11.8. The fourth-order valence-electron chi connectivity index (χ4n) is 1.46. The Kier molecular flexibility index (Phi) is 2.97. The summed E-state index contributed by atoms with van der Waals surface area (Å²) in [5.41, 5.74) is 5.42. The Morgan fingerprint density at radius 3 is 2.78 bits per heavy atom. The van der Waals surface area contributed by atoms with Gasteiger partial charge in [0.05, 0.1) is 17.4 Å². The highest BCUT2D eigenvalue weighted by atomic mass is 19.2. The molecule has 0 aliphatic rings. The van der Waals surface area contributed by atoms with E-state index in [1.807, 2.05) is 0 Å². The van der Waals surface area contributed by atoms with Crippen molar-refractivity contribution in [1.82, 2.24) is 9.78 Å². The van der Waals surface area contributed by atoms with Gasteiger partial charge in [0.1, 0.15) is 0 Å². The first kappa shape index (κ1) is 12.0. The maximum absolute atomic E-state index is 13.4. The summed E-state index contributed by atoms with van der Waals surface area (Å²) in [6.45, 7) is 0. The van der Waals surface area contributed by atoms with E-state index in [-0.39, 0.29) is 11.5 Å². The van der Waals surface area contributed by atoms with Crippen molar-refractivity contribution in [1.29, 1.82) is 0 Å². The summed E-state index contributed by atoms with van der Waals surface area (Å²) in [5, 5.41) is 6.18. The molecule has 1 amide bonds. The van der Waals surface area contributed by atoms with Crippen molar-refractivity contribution in [2.45, 2.75) is 0 Å². The number of hydrogen-bond donors (Lipinski definition) is 2. The van der Waals surface area contributed by atoms with E-state index in [9.17, 15) is 13.6 Å². The summed E-state index contributed by atoms with van der Waals surface area (Å²) in [6, 6.07) is 3.37. The molecule has 0 radical (unpaired) electrons. The Balaban J connectivity index is 2.31. The number of carbonyl (C=O) groups is 1. The lowest BCUT2D eigenvalue weighted by Gasteiger charge is -2.07. The third-order valence-electron chi connectivity index (χ3n) is 2.40. The van der Waals surface area contributed by atoms with Crippen LogP contribution in [0.15, 0.2) is 24.4 Å². The maximum atomic E-state index is 13.4. The van der Waals surface area contributed by atoms with Crippen LogP contribution < -0.4 is 11.1 Å². The van der Waals surface area contributed by atoms with Gasteiger partial charge in [-0.3, -0.25) is 9.48 Å². The second kappa shape index (κ2) is 4.44. The van der Waals surface area contributed by atoms with Crippen molar-refractivity contribution in [3.63, 3.8) is 0 Å². The van der Waals surface area contributed by atoms with Gasteiger partial charge in [0, 0.05) is 7.05 Å². The number of hydrogen-bond acceptors (Lipinski definition) is 3. The zero-order valence-corrected chi connectivity index (χ0v) is 9.45. The molecule has 0 spiro atoms. The van der Waals surface area contributed by atoms with Gasteiger partial charge < -0.3 is 11.1 Å². The highest BCUT2D eigenvalue weighted by Crippen LogP contribution is 2.18. The lowest BCUT2D eigenvalue weighted by atomic mass is 10.2. The standard InChI is InChI=1S/C11H10F2N4O/c1-17-10(8(14)5-15-17)16-11(18)6-3-2-4-7(12)9(6)13/h2-5H,14H2,1H3,(H,16,18). The number of carbonyl (C=O) groups excluding carboxylic acids is 1. The number of aryl methyl sites for hydroxylation is 1. The molecule has 3 N–H and O–H groups in total. The molecule has 0 bridgehead atoms. The first-order chi connectivity index (χ1) is 8.50. The summed E-state index contributed by atoms with van der Waals surface area (Å²) < 4.78 is 27.7. The highest BCUT2D eigenvalue weighted by Gasteiger charge is 2.17. The fourth-order valence-corrected chi connectivity index (χ4v) is 1.46. The van der Waals surface area contributed by atoms with Gasteiger partial charge in [-0.25, -0.2) is 8.78 Å². The number of halogens is 2. The number of benzene rings is 1. The van der Waals surface area contributed by atoms with E-state index in [4.69, 9.17) is 5.73 Å². The van der Waals surface area contributed by atoms with E-state index in [1.165, 1.54) is 23.0 Å². The number of nitrogens with two attached hydrogens (primary N) is 1. The maximum Gasteiger partial charge on any atom is 0.259 e.